The van der Waals surface area contributed by atoms with Gasteiger partial charge in [-0.25, -0.2) is 0 Å². The molecule has 0 radical (unpaired) electrons. The van der Waals surface area contributed by atoms with Gasteiger partial charge in [-0.3, -0.25) is 0 Å². The number of nitrogens with one attached hydrogen (secondary N) is 1. The molecule has 0 bridgehead atoms. The summed E-state index contributed by atoms with van der Waals surface area (Å²) < 4.78 is 10.6. The highest BCUT2D eigenvalue weighted by Gasteiger charge is 2.17. The van der Waals surface area contributed by atoms with E-state index >= 15 is 0 Å². The van der Waals surface area contributed by atoms with Gasteiger partial charge in [-0.2, -0.15) is 0 Å². The van der Waals surface area contributed by atoms with E-state index in [-0.39, 0.29) is 0 Å². The average molecular weight is 245 g/mol. The average Bonchev–Trinajstić information content (AvgIpc) is 2.46. The second-order valence-corrected chi connectivity index (χ2v) is 3.58. The molecule has 1 N–H and O–H groups in total. The van der Waals surface area contributed by atoms with Crippen LogP contribution >= 0.6 is 0 Å². The molecular weight excluding hydrogens is 230 g/mol. The molecule has 5 nitrogen and oxygen atoms in total. The lowest BCUT2D eigenvalue weighted by Gasteiger charge is -2.14. The Labute approximate surface area is 106 Å². The molecule has 0 saturated heterocycles. The molecule has 2 rings (SSSR count). The maximum atomic E-state index is 5.42. The summed E-state index contributed by atoms with van der Waals surface area (Å²) in [5, 5.41) is 11.2. The number of hydrogen-bond donors (Lipinski definition) is 1. The van der Waals surface area contributed by atoms with Crippen molar-refractivity contribution in [1.82, 2.24) is 10.2 Å². The molecule has 0 unspecified atom stereocenters. The molecule has 0 aliphatic carbocycles. The number of methoxy groups -OCH3 is 2. The van der Waals surface area contributed by atoms with Crippen LogP contribution in [0, 0.1) is 0 Å². The molecule has 1 aromatic heterocycles. The zero-order valence-electron chi connectivity index (χ0n) is 10.6. The van der Waals surface area contributed by atoms with Gasteiger partial charge in [-0.15, -0.1) is 10.2 Å². The van der Waals surface area contributed by atoms with Crippen LogP contribution in [-0.4, -0.2) is 31.5 Å². The van der Waals surface area contributed by atoms with E-state index in [0.717, 1.165) is 5.56 Å². The number of ether oxygens (including phenoxy) is 2. The van der Waals surface area contributed by atoms with Crippen molar-refractivity contribution < 1.29 is 9.47 Å². The Morgan fingerprint density at radius 2 is 1.72 bits per heavy atom. The lowest BCUT2D eigenvalue weighted by Crippen LogP contribution is -2.03. The van der Waals surface area contributed by atoms with Crippen LogP contribution in [0.15, 0.2) is 30.3 Å². The smallest absolute Gasteiger partial charge is 0.260 e. The van der Waals surface area contributed by atoms with E-state index in [4.69, 9.17) is 9.47 Å². The van der Waals surface area contributed by atoms with Gasteiger partial charge in [0, 0.05) is 12.6 Å². The number of hydrogen-bond acceptors (Lipinski definition) is 5. The summed E-state index contributed by atoms with van der Waals surface area (Å²) in [6.45, 7) is 0. The van der Waals surface area contributed by atoms with Gasteiger partial charge in [-0.1, -0.05) is 30.3 Å². The third kappa shape index (κ3) is 2.07. The van der Waals surface area contributed by atoms with Gasteiger partial charge in [0.15, 0.2) is 5.75 Å². The van der Waals surface area contributed by atoms with Crippen LogP contribution in [0.1, 0.15) is 0 Å². The predicted molar refractivity (Wildman–Crippen MR) is 70.1 cm³/mol. The van der Waals surface area contributed by atoms with Crippen molar-refractivity contribution in [3.63, 3.8) is 0 Å². The Morgan fingerprint density at radius 3 is 2.28 bits per heavy atom. The minimum absolute atomic E-state index is 0.411. The Hall–Kier alpha value is -2.30. The molecule has 0 atom stereocenters. The summed E-state index contributed by atoms with van der Waals surface area (Å²) in [4.78, 5) is 0. The summed E-state index contributed by atoms with van der Waals surface area (Å²) in [6.07, 6.45) is 0. The molecule has 18 heavy (non-hydrogen) atoms. The molecule has 94 valence electrons. The van der Waals surface area contributed by atoms with E-state index in [1.54, 1.807) is 21.3 Å². The second-order valence-electron chi connectivity index (χ2n) is 3.58. The van der Waals surface area contributed by atoms with Crippen molar-refractivity contribution in [3.05, 3.63) is 30.3 Å². The summed E-state index contributed by atoms with van der Waals surface area (Å²) in [5.74, 6) is 1.03. The van der Waals surface area contributed by atoms with Crippen LogP contribution in [-0.2, 0) is 0 Å². The van der Waals surface area contributed by atoms with Gasteiger partial charge in [0.2, 0.25) is 0 Å². The van der Waals surface area contributed by atoms with Crippen LogP contribution in [0.3, 0.4) is 0 Å². The number of rotatable bonds is 4. The summed E-state index contributed by atoms with van der Waals surface area (Å²) in [6, 6.07) is 9.75. The molecule has 0 spiro atoms. The van der Waals surface area contributed by atoms with Gasteiger partial charge in [0.25, 0.3) is 5.88 Å². The molecule has 0 saturated carbocycles. The van der Waals surface area contributed by atoms with E-state index in [0.29, 0.717) is 23.0 Å². The van der Waals surface area contributed by atoms with Crippen LogP contribution < -0.4 is 14.8 Å². The largest absolute Gasteiger partial charge is 0.492 e. The molecule has 0 fully saturated rings. The highest BCUT2D eigenvalue weighted by Crippen LogP contribution is 2.38. The van der Waals surface area contributed by atoms with E-state index in [2.05, 4.69) is 15.5 Å². The fourth-order valence-corrected chi connectivity index (χ4v) is 1.75. The van der Waals surface area contributed by atoms with Crippen molar-refractivity contribution in [2.24, 2.45) is 0 Å². The first-order valence-corrected chi connectivity index (χ1v) is 5.53. The van der Waals surface area contributed by atoms with E-state index < -0.39 is 0 Å². The van der Waals surface area contributed by atoms with Crippen LogP contribution in [0.5, 0.6) is 11.6 Å². The fourth-order valence-electron chi connectivity index (χ4n) is 1.75. The Morgan fingerprint density at radius 1 is 1.00 bits per heavy atom. The monoisotopic (exact) mass is 245 g/mol. The maximum absolute atomic E-state index is 5.42. The van der Waals surface area contributed by atoms with Crippen LogP contribution in [0.4, 0.5) is 5.69 Å². The van der Waals surface area contributed by atoms with Crippen molar-refractivity contribution in [2.45, 2.75) is 0 Å². The molecular formula is C13H15N3O2. The SMILES string of the molecule is CNc1c(OC)nnc(-c2ccccc2)c1OC. The fraction of sp³-hybridized carbons (Fsp3) is 0.231. The van der Waals surface area contributed by atoms with Gasteiger partial charge in [-0.05, 0) is 0 Å². The van der Waals surface area contributed by atoms with Crippen LogP contribution in [0.2, 0.25) is 0 Å². The molecule has 5 heteroatoms. The summed E-state index contributed by atoms with van der Waals surface area (Å²) in [7, 11) is 4.94. The zero-order chi connectivity index (χ0) is 13.0. The lowest BCUT2D eigenvalue weighted by molar-refractivity contribution is 0.380. The van der Waals surface area contributed by atoms with Crippen molar-refractivity contribution in [3.8, 4) is 22.9 Å². The topological polar surface area (TPSA) is 56.3 Å². The third-order valence-electron chi connectivity index (χ3n) is 2.59. The molecule has 1 aromatic carbocycles. The number of benzene rings is 1. The number of nitrogens with zero attached hydrogens (tertiary/aromatic N) is 2. The summed E-state index contributed by atoms with van der Waals surface area (Å²) in [5.41, 5.74) is 2.32. The van der Waals surface area contributed by atoms with Gasteiger partial charge < -0.3 is 14.8 Å². The second kappa shape index (κ2) is 5.35. The van der Waals surface area contributed by atoms with Gasteiger partial charge >= 0.3 is 0 Å². The predicted octanol–water partition coefficient (Wildman–Crippen LogP) is 2.20. The van der Waals surface area contributed by atoms with Crippen molar-refractivity contribution >= 4 is 5.69 Å². The Kier molecular flexibility index (Phi) is 3.62. The highest BCUT2D eigenvalue weighted by molar-refractivity contribution is 5.76. The number of aromatic nitrogens is 2. The van der Waals surface area contributed by atoms with Gasteiger partial charge in [0.1, 0.15) is 11.4 Å². The van der Waals surface area contributed by atoms with Crippen molar-refractivity contribution in [1.29, 1.82) is 0 Å². The van der Waals surface area contributed by atoms with Gasteiger partial charge in [0.05, 0.1) is 14.2 Å². The highest BCUT2D eigenvalue weighted by atomic mass is 16.5. The van der Waals surface area contributed by atoms with Crippen molar-refractivity contribution in [2.75, 3.05) is 26.6 Å². The Balaban J connectivity index is 2.62. The standard InChI is InChI=1S/C13H15N3O2/c1-14-11-12(17-2)10(15-16-13(11)18-3)9-7-5-4-6-8-9/h4-8H,1-3H3,(H,14,15). The molecule has 0 amide bonds. The molecule has 0 aliphatic heterocycles. The maximum Gasteiger partial charge on any atom is 0.260 e. The first-order chi connectivity index (χ1) is 8.81. The molecule has 0 aliphatic rings. The minimum Gasteiger partial charge on any atom is -0.492 e. The first kappa shape index (κ1) is 12.2. The quantitative estimate of drug-likeness (QED) is 0.895. The Bertz CT molecular complexity index is 529. The number of anilines is 1. The van der Waals surface area contributed by atoms with E-state index in [1.165, 1.54) is 0 Å². The molecule has 2 aromatic rings. The van der Waals surface area contributed by atoms with E-state index in [9.17, 15) is 0 Å². The third-order valence-corrected chi connectivity index (χ3v) is 2.59. The molecule has 1 heterocycles. The normalized spacial score (nSPS) is 9.94. The summed E-state index contributed by atoms with van der Waals surface area (Å²) >= 11 is 0. The van der Waals surface area contributed by atoms with Crippen LogP contribution in [0.25, 0.3) is 11.3 Å². The zero-order valence-corrected chi connectivity index (χ0v) is 10.6. The minimum atomic E-state index is 0.411. The lowest BCUT2D eigenvalue weighted by atomic mass is 10.1. The van der Waals surface area contributed by atoms with E-state index in [1.807, 2.05) is 30.3 Å². The first-order valence-electron chi connectivity index (χ1n) is 5.53.